The molecule has 1 amide bonds. The molecular formula is C19H22BrNO2. The molecule has 0 saturated heterocycles. The molecule has 2 aromatic rings. The molecular weight excluding hydrogens is 354 g/mol. The van der Waals surface area contributed by atoms with E-state index in [0.717, 1.165) is 34.1 Å². The SMILES string of the molecule is CCCc1ccc(OCC(=O)Nc2cc(C)ccc2C)c(Br)c1. The highest BCUT2D eigenvalue weighted by molar-refractivity contribution is 9.10. The summed E-state index contributed by atoms with van der Waals surface area (Å²) in [7, 11) is 0. The lowest BCUT2D eigenvalue weighted by atomic mass is 10.1. The second-order valence-electron chi connectivity index (χ2n) is 5.67. The quantitative estimate of drug-likeness (QED) is 0.768. The molecule has 0 heterocycles. The van der Waals surface area contributed by atoms with Crippen LogP contribution < -0.4 is 10.1 Å². The monoisotopic (exact) mass is 375 g/mol. The van der Waals surface area contributed by atoms with E-state index >= 15 is 0 Å². The Morgan fingerprint density at radius 2 is 1.96 bits per heavy atom. The number of benzene rings is 2. The van der Waals surface area contributed by atoms with Gasteiger partial charge in [-0.2, -0.15) is 0 Å². The summed E-state index contributed by atoms with van der Waals surface area (Å²) >= 11 is 3.50. The standard InChI is InChI=1S/C19H22BrNO2/c1-4-5-15-8-9-18(16(20)11-15)23-12-19(22)21-17-10-13(2)6-7-14(17)3/h6-11H,4-5,12H2,1-3H3,(H,21,22). The van der Waals surface area contributed by atoms with Gasteiger partial charge in [-0.3, -0.25) is 4.79 Å². The van der Waals surface area contributed by atoms with Crippen molar-refractivity contribution in [2.75, 3.05) is 11.9 Å². The van der Waals surface area contributed by atoms with Crippen molar-refractivity contribution in [2.45, 2.75) is 33.6 Å². The molecule has 1 N–H and O–H groups in total. The molecule has 4 heteroatoms. The number of anilines is 1. The predicted molar refractivity (Wildman–Crippen MR) is 98.2 cm³/mol. The van der Waals surface area contributed by atoms with E-state index in [2.05, 4.69) is 28.2 Å². The van der Waals surface area contributed by atoms with Gasteiger partial charge in [0.15, 0.2) is 6.61 Å². The maximum atomic E-state index is 12.1. The molecule has 0 bridgehead atoms. The molecule has 0 radical (unpaired) electrons. The molecule has 0 atom stereocenters. The second kappa shape index (κ2) is 8.16. The first-order valence-corrected chi connectivity index (χ1v) is 8.57. The first-order valence-electron chi connectivity index (χ1n) is 7.78. The first kappa shape index (κ1) is 17.5. The number of ether oxygens (including phenoxy) is 1. The zero-order valence-electron chi connectivity index (χ0n) is 13.8. The van der Waals surface area contributed by atoms with Crippen LogP contribution in [0.5, 0.6) is 5.75 Å². The van der Waals surface area contributed by atoms with Crippen LogP contribution in [0.15, 0.2) is 40.9 Å². The summed E-state index contributed by atoms with van der Waals surface area (Å²) in [4.78, 5) is 12.1. The molecule has 0 fully saturated rings. The highest BCUT2D eigenvalue weighted by Crippen LogP contribution is 2.26. The van der Waals surface area contributed by atoms with Crippen LogP contribution in [0.1, 0.15) is 30.0 Å². The van der Waals surface area contributed by atoms with Gasteiger partial charge >= 0.3 is 0 Å². The summed E-state index contributed by atoms with van der Waals surface area (Å²) in [6.07, 6.45) is 2.14. The van der Waals surface area contributed by atoms with E-state index in [1.54, 1.807) is 0 Å². The van der Waals surface area contributed by atoms with Crippen molar-refractivity contribution in [1.29, 1.82) is 0 Å². The molecule has 2 rings (SSSR count). The van der Waals surface area contributed by atoms with Gasteiger partial charge in [0.2, 0.25) is 0 Å². The van der Waals surface area contributed by atoms with Gasteiger partial charge in [0, 0.05) is 5.69 Å². The average Bonchev–Trinajstić information content (AvgIpc) is 2.50. The van der Waals surface area contributed by atoms with Gasteiger partial charge in [-0.1, -0.05) is 31.5 Å². The van der Waals surface area contributed by atoms with E-state index in [9.17, 15) is 4.79 Å². The fraction of sp³-hybridized carbons (Fsp3) is 0.316. The minimum Gasteiger partial charge on any atom is -0.483 e. The van der Waals surface area contributed by atoms with Crippen molar-refractivity contribution in [2.24, 2.45) is 0 Å². The third-order valence-corrected chi connectivity index (χ3v) is 4.18. The number of carbonyl (C=O) groups excluding carboxylic acids is 1. The van der Waals surface area contributed by atoms with Crippen LogP contribution in [-0.2, 0) is 11.2 Å². The van der Waals surface area contributed by atoms with Crippen molar-refractivity contribution in [3.8, 4) is 5.75 Å². The lowest BCUT2D eigenvalue weighted by molar-refractivity contribution is -0.118. The van der Waals surface area contributed by atoms with Gasteiger partial charge in [0.05, 0.1) is 4.47 Å². The Kier molecular flexibility index (Phi) is 6.22. The first-order chi connectivity index (χ1) is 11.0. The highest BCUT2D eigenvalue weighted by atomic mass is 79.9. The molecule has 0 aliphatic carbocycles. The Bertz CT molecular complexity index is 698. The van der Waals surface area contributed by atoms with Crippen LogP contribution in [-0.4, -0.2) is 12.5 Å². The van der Waals surface area contributed by atoms with Gasteiger partial charge in [0.25, 0.3) is 5.91 Å². The molecule has 0 aromatic heterocycles. The Balaban J connectivity index is 1.95. The smallest absolute Gasteiger partial charge is 0.262 e. The van der Waals surface area contributed by atoms with Crippen molar-refractivity contribution in [3.63, 3.8) is 0 Å². The fourth-order valence-corrected chi connectivity index (χ4v) is 2.85. The lowest BCUT2D eigenvalue weighted by Gasteiger charge is -2.12. The number of aryl methyl sites for hydroxylation is 3. The van der Waals surface area contributed by atoms with Crippen LogP contribution in [0.25, 0.3) is 0 Å². The van der Waals surface area contributed by atoms with E-state index in [1.165, 1.54) is 5.56 Å². The normalized spacial score (nSPS) is 10.4. The number of amides is 1. The number of hydrogen-bond donors (Lipinski definition) is 1. The zero-order valence-corrected chi connectivity index (χ0v) is 15.4. The number of rotatable bonds is 6. The minimum absolute atomic E-state index is 0.0148. The molecule has 3 nitrogen and oxygen atoms in total. The summed E-state index contributed by atoms with van der Waals surface area (Å²) in [5, 5.41) is 2.89. The van der Waals surface area contributed by atoms with E-state index in [0.29, 0.717) is 5.75 Å². The predicted octanol–water partition coefficient (Wildman–Crippen LogP) is 5.04. The molecule has 0 spiro atoms. The summed E-state index contributed by atoms with van der Waals surface area (Å²) < 4.78 is 6.49. The maximum Gasteiger partial charge on any atom is 0.262 e. The number of hydrogen-bond acceptors (Lipinski definition) is 2. The van der Waals surface area contributed by atoms with Crippen molar-refractivity contribution in [1.82, 2.24) is 0 Å². The average molecular weight is 376 g/mol. The van der Waals surface area contributed by atoms with Gasteiger partial charge in [0.1, 0.15) is 5.75 Å². The van der Waals surface area contributed by atoms with Crippen molar-refractivity contribution in [3.05, 3.63) is 57.6 Å². The molecule has 0 saturated carbocycles. The summed E-state index contributed by atoms with van der Waals surface area (Å²) in [5.41, 5.74) is 4.23. The van der Waals surface area contributed by atoms with E-state index < -0.39 is 0 Å². The van der Waals surface area contributed by atoms with Crippen LogP contribution >= 0.6 is 15.9 Å². The molecule has 0 aliphatic rings. The maximum absolute atomic E-state index is 12.1. The summed E-state index contributed by atoms with van der Waals surface area (Å²) in [6, 6.07) is 12.0. The molecule has 0 unspecified atom stereocenters. The number of carbonyl (C=O) groups is 1. The van der Waals surface area contributed by atoms with Gasteiger partial charge < -0.3 is 10.1 Å². The Morgan fingerprint density at radius 3 is 2.65 bits per heavy atom. The minimum atomic E-state index is -0.164. The molecule has 0 aliphatic heterocycles. The second-order valence-corrected chi connectivity index (χ2v) is 6.52. The van der Waals surface area contributed by atoms with Gasteiger partial charge in [-0.25, -0.2) is 0 Å². The zero-order chi connectivity index (χ0) is 16.8. The third kappa shape index (κ3) is 5.10. The molecule has 23 heavy (non-hydrogen) atoms. The van der Waals surface area contributed by atoms with Crippen LogP contribution in [0.4, 0.5) is 5.69 Å². The summed E-state index contributed by atoms with van der Waals surface area (Å²) in [6.45, 7) is 6.11. The van der Waals surface area contributed by atoms with E-state index in [-0.39, 0.29) is 12.5 Å². The topological polar surface area (TPSA) is 38.3 Å². The molecule has 122 valence electrons. The Morgan fingerprint density at radius 1 is 1.17 bits per heavy atom. The van der Waals surface area contributed by atoms with Crippen molar-refractivity contribution >= 4 is 27.5 Å². The summed E-state index contributed by atoms with van der Waals surface area (Å²) in [5.74, 6) is 0.518. The highest BCUT2D eigenvalue weighted by Gasteiger charge is 2.08. The Labute approximate surface area is 146 Å². The number of halogens is 1. The van der Waals surface area contributed by atoms with E-state index in [1.807, 2.05) is 50.2 Å². The number of nitrogens with one attached hydrogen (secondary N) is 1. The lowest BCUT2D eigenvalue weighted by Crippen LogP contribution is -2.20. The molecule has 2 aromatic carbocycles. The fourth-order valence-electron chi connectivity index (χ4n) is 2.31. The van der Waals surface area contributed by atoms with Crippen LogP contribution in [0, 0.1) is 13.8 Å². The largest absolute Gasteiger partial charge is 0.483 e. The third-order valence-electron chi connectivity index (χ3n) is 3.56. The van der Waals surface area contributed by atoms with Crippen LogP contribution in [0.2, 0.25) is 0 Å². The van der Waals surface area contributed by atoms with Gasteiger partial charge in [-0.15, -0.1) is 0 Å². The Hall–Kier alpha value is -1.81. The van der Waals surface area contributed by atoms with Crippen LogP contribution in [0.3, 0.4) is 0 Å². The van der Waals surface area contributed by atoms with Crippen molar-refractivity contribution < 1.29 is 9.53 Å². The van der Waals surface area contributed by atoms with Gasteiger partial charge in [-0.05, 0) is 71.1 Å². The van der Waals surface area contributed by atoms with E-state index in [4.69, 9.17) is 4.74 Å².